The molecule has 0 aromatic heterocycles. The Morgan fingerprint density at radius 1 is 1.21 bits per heavy atom. The molecule has 0 amide bonds. The first-order valence-electron chi connectivity index (χ1n) is 7.79. The summed E-state index contributed by atoms with van der Waals surface area (Å²) < 4.78 is 38.1. The van der Waals surface area contributed by atoms with Crippen molar-refractivity contribution in [3.63, 3.8) is 0 Å². The van der Waals surface area contributed by atoms with Crippen molar-refractivity contribution < 1.29 is 23.1 Å². The Morgan fingerprint density at radius 3 is 2.17 bits per heavy atom. The van der Waals surface area contributed by atoms with Gasteiger partial charge >= 0.3 is 12.1 Å². The molecule has 0 heterocycles. The summed E-state index contributed by atoms with van der Waals surface area (Å²) >= 11 is 0. The molecule has 1 unspecified atom stereocenters. The van der Waals surface area contributed by atoms with Gasteiger partial charge in [0.2, 0.25) is 0 Å². The number of carbonyl (C=O) groups is 1. The van der Waals surface area contributed by atoms with Crippen molar-refractivity contribution >= 4 is 11.5 Å². The molecule has 1 rings (SSSR count). The van der Waals surface area contributed by atoms with Crippen LogP contribution in [0.25, 0.3) is 5.57 Å². The highest BCUT2D eigenvalue weighted by molar-refractivity contribution is 5.95. The fourth-order valence-corrected chi connectivity index (χ4v) is 2.50. The van der Waals surface area contributed by atoms with Crippen LogP contribution in [-0.4, -0.2) is 11.1 Å². The van der Waals surface area contributed by atoms with E-state index in [2.05, 4.69) is 6.58 Å². The monoisotopic (exact) mass is 340 g/mol. The molecule has 24 heavy (non-hydrogen) atoms. The summed E-state index contributed by atoms with van der Waals surface area (Å²) in [5, 5.41) is 9.30. The average Bonchev–Trinajstić information content (AvgIpc) is 2.51. The lowest BCUT2D eigenvalue weighted by Crippen LogP contribution is -2.11. The summed E-state index contributed by atoms with van der Waals surface area (Å²) in [7, 11) is 0. The lowest BCUT2D eigenvalue weighted by molar-refractivity contribution is -0.137. The van der Waals surface area contributed by atoms with Gasteiger partial charge in [0.25, 0.3) is 0 Å². The van der Waals surface area contributed by atoms with Gasteiger partial charge in [-0.15, -0.1) is 6.58 Å². The van der Waals surface area contributed by atoms with Crippen LogP contribution in [0.4, 0.5) is 13.2 Å². The molecule has 132 valence electrons. The predicted molar refractivity (Wildman–Crippen MR) is 89.4 cm³/mol. The van der Waals surface area contributed by atoms with E-state index in [1.54, 1.807) is 0 Å². The summed E-state index contributed by atoms with van der Waals surface area (Å²) in [4.78, 5) is 11.4. The van der Waals surface area contributed by atoms with E-state index < -0.39 is 17.7 Å². The Balaban J connectivity index is 3.19. The standard InChI is InChI=1S/C19H23F3O2/c1-5-6-12(2)13(3)11-17(14(4)18(23)24)15-7-9-16(10-8-15)19(20,21)22/h5,7-10,12-13H,1,6,11H2,2-4H3,(H,23,24)/b17-14-/t12-,13?/m1/s1. The lowest BCUT2D eigenvalue weighted by Gasteiger charge is -2.21. The minimum absolute atomic E-state index is 0.160. The van der Waals surface area contributed by atoms with Crippen LogP contribution in [0, 0.1) is 11.8 Å². The Labute approximate surface area is 140 Å². The van der Waals surface area contributed by atoms with Crippen molar-refractivity contribution in [3.05, 3.63) is 53.6 Å². The summed E-state index contributed by atoms with van der Waals surface area (Å²) in [5.41, 5.74) is 0.499. The van der Waals surface area contributed by atoms with Crippen molar-refractivity contribution in [3.8, 4) is 0 Å². The number of hydrogen-bond donors (Lipinski definition) is 1. The number of aliphatic carboxylic acids is 1. The minimum atomic E-state index is -4.41. The van der Waals surface area contributed by atoms with Gasteiger partial charge in [-0.2, -0.15) is 13.2 Å². The van der Waals surface area contributed by atoms with Crippen molar-refractivity contribution in [2.24, 2.45) is 11.8 Å². The normalized spacial score (nSPS) is 15.4. The number of carboxylic acid groups (broad SMARTS) is 1. The SMILES string of the molecule is C=CC[C@@H](C)C(C)C/C(=C(\C)C(=O)O)c1ccc(C(F)(F)F)cc1. The van der Waals surface area contributed by atoms with Crippen LogP contribution in [0.2, 0.25) is 0 Å². The fraction of sp³-hybridized carbons (Fsp3) is 0.421. The van der Waals surface area contributed by atoms with Crippen LogP contribution >= 0.6 is 0 Å². The first-order valence-corrected chi connectivity index (χ1v) is 7.79. The van der Waals surface area contributed by atoms with Gasteiger partial charge in [0.15, 0.2) is 0 Å². The number of rotatable bonds is 7. The molecule has 0 fully saturated rings. The quantitative estimate of drug-likeness (QED) is 0.503. The molecule has 0 aliphatic heterocycles. The molecular formula is C19H23F3O2. The van der Waals surface area contributed by atoms with Gasteiger partial charge < -0.3 is 5.11 Å². The van der Waals surface area contributed by atoms with Crippen molar-refractivity contribution in [1.82, 2.24) is 0 Å². The maximum absolute atomic E-state index is 12.7. The van der Waals surface area contributed by atoms with E-state index in [4.69, 9.17) is 0 Å². The molecule has 0 aliphatic carbocycles. The zero-order chi connectivity index (χ0) is 18.5. The average molecular weight is 340 g/mol. The first-order chi connectivity index (χ1) is 11.1. The molecule has 2 atom stereocenters. The van der Waals surface area contributed by atoms with Gasteiger partial charge in [-0.3, -0.25) is 0 Å². The van der Waals surface area contributed by atoms with Gasteiger partial charge in [0.1, 0.15) is 0 Å². The van der Waals surface area contributed by atoms with E-state index in [-0.39, 0.29) is 11.5 Å². The second-order valence-corrected chi connectivity index (χ2v) is 6.17. The number of carboxylic acids is 1. The number of hydrogen-bond acceptors (Lipinski definition) is 1. The smallest absolute Gasteiger partial charge is 0.416 e. The molecule has 0 saturated heterocycles. The maximum Gasteiger partial charge on any atom is 0.416 e. The molecule has 0 spiro atoms. The van der Waals surface area contributed by atoms with E-state index in [0.29, 0.717) is 23.5 Å². The topological polar surface area (TPSA) is 37.3 Å². The Morgan fingerprint density at radius 2 is 1.75 bits per heavy atom. The molecule has 0 bridgehead atoms. The van der Waals surface area contributed by atoms with E-state index >= 15 is 0 Å². The maximum atomic E-state index is 12.7. The summed E-state index contributed by atoms with van der Waals surface area (Å²) in [5.74, 6) is -0.586. The highest BCUT2D eigenvalue weighted by atomic mass is 19.4. The highest BCUT2D eigenvalue weighted by Gasteiger charge is 2.30. The molecule has 1 N–H and O–H groups in total. The second-order valence-electron chi connectivity index (χ2n) is 6.17. The van der Waals surface area contributed by atoms with Crippen LogP contribution in [-0.2, 0) is 11.0 Å². The van der Waals surface area contributed by atoms with Crippen LogP contribution < -0.4 is 0 Å². The number of benzene rings is 1. The Hall–Kier alpha value is -2.04. The molecule has 0 aliphatic rings. The first kappa shape index (κ1) is 20.0. The number of alkyl halides is 3. The summed E-state index contributed by atoms with van der Waals surface area (Å²) in [6, 6.07) is 4.66. The molecular weight excluding hydrogens is 317 g/mol. The van der Waals surface area contributed by atoms with Gasteiger partial charge in [0.05, 0.1) is 5.56 Å². The zero-order valence-electron chi connectivity index (χ0n) is 14.2. The molecule has 2 nitrogen and oxygen atoms in total. The third-order valence-electron chi connectivity index (χ3n) is 4.37. The van der Waals surface area contributed by atoms with Gasteiger partial charge in [-0.25, -0.2) is 4.79 Å². The van der Waals surface area contributed by atoms with Crippen LogP contribution in [0.5, 0.6) is 0 Å². The number of halogens is 3. The molecule has 1 aromatic rings. The molecule has 5 heteroatoms. The highest BCUT2D eigenvalue weighted by Crippen LogP contribution is 2.34. The molecule has 1 aromatic carbocycles. The lowest BCUT2D eigenvalue weighted by atomic mass is 9.84. The summed E-state index contributed by atoms with van der Waals surface area (Å²) in [6.45, 7) is 9.25. The largest absolute Gasteiger partial charge is 0.478 e. The van der Waals surface area contributed by atoms with Crippen LogP contribution in [0.1, 0.15) is 44.7 Å². The minimum Gasteiger partial charge on any atom is -0.478 e. The van der Waals surface area contributed by atoms with Crippen molar-refractivity contribution in [1.29, 1.82) is 0 Å². The molecule has 0 saturated carbocycles. The van der Waals surface area contributed by atoms with E-state index in [0.717, 1.165) is 18.6 Å². The fourth-order valence-electron chi connectivity index (χ4n) is 2.50. The van der Waals surface area contributed by atoms with Gasteiger partial charge in [-0.1, -0.05) is 32.1 Å². The van der Waals surface area contributed by atoms with Gasteiger partial charge in [0, 0.05) is 5.57 Å². The van der Waals surface area contributed by atoms with Gasteiger partial charge in [-0.05, 0) is 54.9 Å². The zero-order valence-corrected chi connectivity index (χ0v) is 14.2. The Bertz CT molecular complexity index is 612. The third-order valence-corrected chi connectivity index (χ3v) is 4.37. The molecule has 0 radical (unpaired) electrons. The number of allylic oxidation sites excluding steroid dienone is 2. The van der Waals surface area contributed by atoms with Crippen LogP contribution in [0.3, 0.4) is 0 Å². The van der Waals surface area contributed by atoms with E-state index in [1.165, 1.54) is 19.1 Å². The van der Waals surface area contributed by atoms with E-state index in [1.807, 2.05) is 19.9 Å². The third kappa shape index (κ3) is 5.25. The Kier molecular flexibility index (Phi) is 6.81. The van der Waals surface area contributed by atoms with Crippen LogP contribution in [0.15, 0.2) is 42.5 Å². The second kappa shape index (κ2) is 8.18. The van der Waals surface area contributed by atoms with Crippen molar-refractivity contribution in [2.45, 2.75) is 39.8 Å². The summed E-state index contributed by atoms with van der Waals surface area (Å²) in [6.07, 6.45) is -1.31. The van der Waals surface area contributed by atoms with E-state index in [9.17, 15) is 23.1 Å². The predicted octanol–water partition coefficient (Wildman–Crippen LogP) is 5.80. The van der Waals surface area contributed by atoms with Crippen molar-refractivity contribution in [2.75, 3.05) is 0 Å².